The van der Waals surface area contributed by atoms with Crippen LogP contribution in [0.1, 0.15) is 46.4 Å². The summed E-state index contributed by atoms with van der Waals surface area (Å²) in [4.78, 5) is 23.1. The Labute approximate surface area is 150 Å². The van der Waals surface area contributed by atoms with Crippen LogP contribution in [0.4, 0.5) is 10.3 Å². The second kappa shape index (κ2) is 6.06. The van der Waals surface area contributed by atoms with Crippen LogP contribution in [-0.4, -0.2) is 33.9 Å². The summed E-state index contributed by atoms with van der Waals surface area (Å²) in [6, 6.07) is 5.84. The van der Waals surface area contributed by atoms with Crippen molar-refractivity contribution in [3.63, 3.8) is 0 Å². The molecule has 2 N–H and O–H groups in total. The Hall–Kier alpha value is -3.01. The lowest BCUT2D eigenvalue weighted by Gasteiger charge is -2.40. The van der Waals surface area contributed by atoms with Crippen LogP contribution < -0.4 is 5.73 Å². The van der Waals surface area contributed by atoms with Crippen molar-refractivity contribution in [3.05, 3.63) is 52.6 Å². The number of piperidine rings is 1. The van der Waals surface area contributed by atoms with Crippen LogP contribution >= 0.6 is 0 Å². The Morgan fingerprint density at radius 2 is 2.23 bits per heavy atom. The van der Waals surface area contributed by atoms with E-state index in [4.69, 9.17) is 11.0 Å². The van der Waals surface area contributed by atoms with Gasteiger partial charge in [-0.05, 0) is 49.4 Å². The number of carbonyl (C=O) groups is 1. The fourth-order valence-corrected chi connectivity index (χ4v) is 4.19. The molecule has 1 saturated heterocycles. The van der Waals surface area contributed by atoms with Gasteiger partial charge in [-0.25, -0.2) is 14.4 Å². The number of aryl methyl sites for hydroxylation is 1. The van der Waals surface area contributed by atoms with E-state index in [0.29, 0.717) is 13.1 Å². The Balaban J connectivity index is 1.64. The minimum Gasteiger partial charge on any atom is -0.368 e. The van der Waals surface area contributed by atoms with Crippen molar-refractivity contribution in [1.82, 2.24) is 14.9 Å². The third-order valence-corrected chi connectivity index (χ3v) is 5.45. The van der Waals surface area contributed by atoms with Crippen molar-refractivity contribution in [2.45, 2.75) is 31.1 Å². The molecule has 26 heavy (non-hydrogen) atoms. The van der Waals surface area contributed by atoms with Crippen LogP contribution in [0.3, 0.4) is 0 Å². The predicted molar refractivity (Wildman–Crippen MR) is 92.7 cm³/mol. The summed E-state index contributed by atoms with van der Waals surface area (Å²) in [5.74, 6) is -0.764. The molecule has 1 fully saturated rings. The van der Waals surface area contributed by atoms with Gasteiger partial charge >= 0.3 is 0 Å². The number of nitriles is 1. The number of carbonyl (C=O) groups excluding carboxylic acids is 1. The average molecular weight is 351 g/mol. The molecule has 2 aromatic rings. The Bertz CT molecular complexity index is 934. The molecule has 1 aliphatic heterocycles. The molecule has 0 bridgehead atoms. The number of benzene rings is 1. The van der Waals surface area contributed by atoms with E-state index in [1.54, 1.807) is 11.1 Å². The maximum Gasteiger partial charge on any atom is 0.256 e. The van der Waals surface area contributed by atoms with Crippen LogP contribution in [0.5, 0.6) is 0 Å². The van der Waals surface area contributed by atoms with Crippen molar-refractivity contribution >= 4 is 11.9 Å². The number of hydrogen-bond acceptors (Lipinski definition) is 5. The van der Waals surface area contributed by atoms with Crippen LogP contribution in [0.2, 0.25) is 0 Å². The second-order valence-electron chi connectivity index (χ2n) is 7.02. The molecule has 1 aliphatic carbocycles. The van der Waals surface area contributed by atoms with Crippen LogP contribution in [0, 0.1) is 17.1 Å². The topological polar surface area (TPSA) is 95.9 Å². The van der Waals surface area contributed by atoms with E-state index < -0.39 is 5.82 Å². The number of hydrogen-bond donors (Lipinski definition) is 1. The SMILES string of the molecule is N#Cc1ccc(C(=O)N2CCCC3(CCc4cnc(N)nc43)C2)c(F)c1. The summed E-state index contributed by atoms with van der Waals surface area (Å²) in [6.07, 6.45) is 5.28. The number of anilines is 1. The van der Waals surface area contributed by atoms with Gasteiger partial charge in [0, 0.05) is 24.7 Å². The van der Waals surface area contributed by atoms with Gasteiger partial charge < -0.3 is 10.6 Å². The largest absolute Gasteiger partial charge is 0.368 e. The highest BCUT2D eigenvalue weighted by Gasteiger charge is 2.45. The van der Waals surface area contributed by atoms with E-state index in [9.17, 15) is 9.18 Å². The molecule has 1 aromatic carbocycles. The zero-order chi connectivity index (χ0) is 18.3. The molecule has 2 aliphatic rings. The Kier molecular flexibility index (Phi) is 3.83. The zero-order valence-corrected chi connectivity index (χ0v) is 14.2. The molecule has 0 radical (unpaired) electrons. The first-order valence-corrected chi connectivity index (χ1v) is 8.63. The third-order valence-electron chi connectivity index (χ3n) is 5.45. The van der Waals surface area contributed by atoms with Gasteiger partial charge in [-0.2, -0.15) is 5.26 Å². The third kappa shape index (κ3) is 2.58. The lowest BCUT2D eigenvalue weighted by molar-refractivity contribution is 0.0629. The first-order chi connectivity index (χ1) is 12.5. The molecule has 1 atom stereocenters. The number of halogens is 1. The summed E-state index contributed by atoms with van der Waals surface area (Å²) in [6.45, 7) is 1.07. The summed E-state index contributed by atoms with van der Waals surface area (Å²) < 4.78 is 14.3. The summed E-state index contributed by atoms with van der Waals surface area (Å²) in [5, 5.41) is 8.86. The zero-order valence-electron chi connectivity index (χ0n) is 14.2. The first-order valence-electron chi connectivity index (χ1n) is 8.63. The quantitative estimate of drug-likeness (QED) is 0.849. The summed E-state index contributed by atoms with van der Waals surface area (Å²) in [7, 11) is 0. The number of aromatic nitrogens is 2. The van der Waals surface area contributed by atoms with Gasteiger partial charge in [-0.1, -0.05) is 0 Å². The molecule has 1 unspecified atom stereocenters. The van der Waals surface area contributed by atoms with Crippen molar-refractivity contribution in [3.8, 4) is 6.07 Å². The lowest BCUT2D eigenvalue weighted by Crippen LogP contribution is -2.48. The Morgan fingerprint density at radius 3 is 3.00 bits per heavy atom. The molecule has 4 rings (SSSR count). The van der Waals surface area contributed by atoms with Crippen LogP contribution in [0.25, 0.3) is 0 Å². The number of nitrogen functional groups attached to an aromatic ring is 1. The number of fused-ring (bicyclic) bond motifs is 2. The molecular formula is C19H18FN5O. The molecule has 2 heterocycles. The smallest absolute Gasteiger partial charge is 0.256 e. The normalized spacial score (nSPS) is 21.5. The van der Waals surface area contributed by atoms with Gasteiger partial charge in [0.15, 0.2) is 0 Å². The molecule has 1 spiro atoms. The van der Waals surface area contributed by atoms with E-state index in [1.807, 2.05) is 6.07 Å². The minimum atomic E-state index is -0.660. The van der Waals surface area contributed by atoms with Gasteiger partial charge in [0.25, 0.3) is 5.91 Å². The lowest BCUT2D eigenvalue weighted by atomic mass is 9.77. The average Bonchev–Trinajstić information content (AvgIpc) is 2.98. The highest BCUT2D eigenvalue weighted by atomic mass is 19.1. The highest BCUT2D eigenvalue weighted by Crippen LogP contribution is 2.44. The van der Waals surface area contributed by atoms with Gasteiger partial charge in [-0.3, -0.25) is 4.79 Å². The van der Waals surface area contributed by atoms with E-state index in [2.05, 4.69) is 9.97 Å². The van der Waals surface area contributed by atoms with Gasteiger partial charge in [-0.15, -0.1) is 0 Å². The minimum absolute atomic E-state index is 0.00136. The fourth-order valence-electron chi connectivity index (χ4n) is 4.19. The number of nitrogens with zero attached hydrogens (tertiary/aromatic N) is 4. The molecule has 132 valence electrons. The van der Waals surface area contributed by atoms with E-state index in [0.717, 1.165) is 43.0 Å². The molecule has 0 saturated carbocycles. The fraction of sp³-hybridized carbons (Fsp3) is 0.368. The monoisotopic (exact) mass is 351 g/mol. The van der Waals surface area contributed by atoms with Gasteiger partial charge in [0.2, 0.25) is 5.95 Å². The number of likely N-dealkylation sites (tertiary alicyclic amines) is 1. The second-order valence-corrected chi connectivity index (χ2v) is 7.02. The van der Waals surface area contributed by atoms with E-state index in [1.165, 1.54) is 12.1 Å². The molecular weight excluding hydrogens is 333 g/mol. The van der Waals surface area contributed by atoms with Crippen molar-refractivity contribution in [2.24, 2.45) is 0 Å². The van der Waals surface area contributed by atoms with E-state index in [-0.39, 0.29) is 28.4 Å². The Morgan fingerprint density at radius 1 is 1.38 bits per heavy atom. The van der Waals surface area contributed by atoms with Crippen molar-refractivity contribution in [1.29, 1.82) is 5.26 Å². The molecule has 1 amide bonds. The van der Waals surface area contributed by atoms with Gasteiger partial charge in [0.05, 0.1) is 22.9 Å². The van der Waals surface area contributed by atoms with Crippen molar-refractivity contribution in [2.75, 3.05) is 18.8 Å². The molecule has 6 nitrogen and oxygen atoms in total. The number of rotatable bonds is 1. The standard InChI is InChI=1S/C19H18FN5O/c20-15-8-12(9-21)2-3-14(15)17(26)25-7-1-5-19(11-25)6-4-13-10-23-18(22)24-16(13)19/h2-3,8,10H,1,4-7,11H2,(H2,22,23,24). The van der Waals surface area contributed by atoms with Crippen molar-refractivity contribution < 1.29 is 9.18 Å². The van der Waals surface area contributed by atoms with Gasteiger partial charge in [0.1, 0.15) is 5.82 Å². The van der Waals surface area contributed by atoms with E-state index >= 15 is 0 Å². The maximum atomic E-state index is 14.3. The summed E-state index contributed by atoms with van der Waals surface area (Å²) in [5.41, 5.74) is 7.76. The number of amides is 1. The molecule has 7 heteroatoms. The molecule has 1 aromatic heterocycles. The summed E-state index contributed by atoms with van der Waals surface area (Å²) >= 11 is 0. The maximum absolute atomic E-state index is 14.3. The predicted octanol–water partition coefficient (Wildman–Crippen LogP) is 2.19. The highest BCUT2D eigenvalue weighted by molar-refractivity contribution is 5.94. The van der Waals surface area contributed by atoms with Crippen LogP contribution in [-0.2, 0) is 11.8 Å². The van der Waals surface area contributed by atoms with Crippen LogP contribution in [0.15, 0.2) is 24.4 Å². The number of nitrogens with two attached hydrogens (primary N) is 1. The first kappa shape index (κ1) is 16.5.